The summed E-state index contributed by atoms with van der Waals surface area (Å²) in [6.07, 6.45) is 2.69. The van der Waals surface area contributed by atoms with Gasteiger partial charge in [0.2, 0.25) is 11.4 Å². The van der Waals surface area contributed by atoms with Gasteiger partial charge in [-0.05, 0) is 11.6 Å². The fraction of sp³-hybridized carbons (Fsp3) is 0.167. The summed E-state index contributed by atoms with van der Waals surface area (Å²) in [5.74, 6) is -1.62. The second-order valence-corrected chi connectivity index (χ2v) is 3.51. The first-order chi connectivity index (χ1) is 7.59. The Kier molecular flexibility index (Phi) is 2.36. The molecule has 2 rings (SSSR count). The molecule has 0 saturated carbocycles. The van der Waals surface area contributed by atoms with Crippen molar-refractivity contribution in [2.75, 3.05) is 7.11 Å². The third-order valence-electron chi connectivity index (χ3n) is 2.55. The first-order valence-electron chi connectivity index (χ1n) is 4.73. The van der Waals surface area contributed by atoms with Crippen LogP contribution >= 0.6 is 0 Å². The third-order valence-corrected chi connectivity index (χ3v) is 2.55. The highest BCUT2D eigenvalue weighted by Crippen LogP contribution is 2.26. The lowest BCUT2D eigenvalue weighted by Crippen LogP contribution is -2.47. The molecule has 1 N–H and O–H groups in total. The average Bonchev–Trinajstić information content (AvgIpc) is 2.33. The quantitative estimate of drug-likeness (QED) is 0.559. The van der Waals surface area contributed by atoms with Crippen molar-refractivity contribution >= 4 is 17.8 Å². The van der Waals surface area contributed by atoms with E-state index in [1.807, 2.05) is 0 Å². The zero-order valence-corrected chi connectivity index (χ0v) is 8.64. The number of ether oxygens (including phenoxy) is 1. The molecule has 0 fully saturated rings. The van der Waals surface area contributed by atoms with E-state index in [2.05, 4.69) is 4.74 Å². The van der Waals surface area contributed by atoms with Gasteiger partial charge < -0.3 is 9.84 Å². The Morgan fingerprint density at radius 1 is 1.38 bits per heavy atom. The molecule has 82 valence electrons. The molecule has 0 aliphatic heterocycles. The number of fused-ring (bicyclic) bond motifs is 1. The van der Waals surface area contributed by atoms with E-state index < -0.39 is 17.4 Å². The summed E-state index contributed by atoms with van der Waals surface area (Å²) in [7, 11) is 1.13. The molecule has 1 aromatic rings. The molecule has 0 saturated heterocycles. The molecule has 1 aliphatic rings. The highest BCUT2D eigenvalue weighted by Gasteiger charge is 2.45. The van der Waals surface area contributed by atoms with Crippen LogP contribution in [0.3, 0.4) is 0 Å². The monoisotopic (exact) mass is 218 g/mol. The van der Waals surface area contributed by atoms with Gasteiger partial charge in [0.1, 0.15) is 0 Å². The number of carbonyl (C=O) groups is 2. The molecule has 4 nitrogen and oxygen atoms in total. The molecule has 1 aromatic carbocycles. The van der Waals surface area contributed by atoms with Crippen LogP contribution in [0.15, 0.2) is 30.3 Å². The van der Waals surface area contributed by atoms with E-state index in [0.717, 1.165) is 13.2 Å². The van der Waals surface area contributed by atoms with E-state index in [1.54, 1.807) is 24.3 Å². The van der Waals surface area contributed by atoms with Crippen LogP contribution in [0.4, 0.5) is 0 Å². The van der Waals surface area contributed by atoms with Gasteiger partial charge in [-0.15, -0.1) is 0 Å². The van der Waals surface area contributed by atoms with Crippen LogP contribution in [0.25, 0.3) is 6.08 Å². The van der Waals surface area contributed by atoms with Crippen LogP contribution in [0.2, 0.25) is 0 Å². The van der Waals surface area contributed by atoms with Crippen LogP contribution in [-0.2, 0) is 9.53 Å². The first-order valence-corrected chi connectivity index (χ1v) is 4.73. The number of Topliss-reactive ketones (excluding diaryl/α,β-unsaturated/α-hetero) is 1. The number of aliphatic hydroxyl groups is 1. The Balaban J connectivity index is 2.53. The fourth-order valence-electron chi connectivity index (χ4n) is 1.66. The number of ketones is 1. The highest BCUT2D eigenvalue weighted by molar-refractivity contribution is 6.20. The van der Waals surface area contributed by atoms with Crippen molar-refractivity contribution in [1.82, 2.24) is 0 Å². The summed E-state index contributed by atoms with van der Waals surface area (Å²) >= 11 is 0. The number of hydrogen-bond donors (Lipinski definition) is 1. The summed E-state index contributed by atoms with van der Waals surface area (Å²) in [4.78, 5) is 23.3. The molecule has 1 aliphatic carbocycles. The lowest BCUT2D eigenvalue weighted by molar-refractivity contribution is -0.153. The van der Waals surface area contributed by atoms with E-state index >= 15 is 0 Å². The fourth-order valence-corrected chi connectivity index (χ4v) is 1.66. The molecular formula is C12H10O4. The van der Waals surface area contributed by atoms with E-state index in [9.17, 15) is 14.7 Å². The first kappa shape index (κ1) is 10.6. The van der Waals surface area contributed by atoms with Crippen LogP contribution in [0, 0.1) is 0 Å². The van der Waals surface area contributed by atoms with Crippen molar-refractivity contribution < 1.29 is 19.4 Å². The number of hydrogen-bond acceptors (Lipinski definition) is 4. The zero-order valence-electron chi connectivity index (χ0n) is 8.64. The molecule has 0 radical (unpaired) electrons. The lowest BCUT2D eigenvalue weighted by atomic mass is 9.85. The number of carbonyl (C=O) groups excluding carboxylic acids is 2. The summed E-state index contributed by atoms with van der Waals surface area (Å²) in [6, 6.07) is 6.75. The number of methoxy groups -OCH3 is 1. The molecule has 4 heteroatoms. The molecule has 16 heavy (non-hydrogen) atoms. The van der Waals surface area contributed by atoms with Gasteiger partial charge in [0, 0.05) is 5.56 Å². The van der Waals surface area contributed by atoms with Crippen molar-refractivity contribution in [2.24, 2.45) is 0 Å². The van der Waals surface area contributed by atoms with E-state index in [0.29, 0.717) is 11.1 Å². The Labute approximate surface area is 92.2 Å². The van der Waals surface area contributed by atoms with Crippen molar-refractivity contribution in [3.05, 3.63) is 41.5 Å². The Morgan fingerprint density at radius 2 is 2.06 bits per heavy atom. The minimum Gasteiger partial charge on any atom is -0.466 e. The molecule has 0 spiro atoms. The maximum atomic E-state index is 11.9. The predicted octanol–water partition coefficient (Wildman–Crippen LogP) is 0.800. The number of rotatable bonds is 1. The van der Waals surface area contributed by atoms with Gasteiger partial charge in [-0.1, -0.05) is 30.3 Å². The van der Waals surface area contributed by atoms with E-state index in [1.165, 1.54) is 6.08 Å². The molecule has 0 amide bonds. The summed E-state index contributed by atoms with van der Waals surface area (Å²) in [5, 5.41) is 9.94. The van der Waals surface area contributed by atoms with Gasteiger partial charge in [-0.3, -0.25) is 4.79 Å². The minimum absolute atomic E-state index is 0.318. The van der Waals surface area contributed by atoms with Gasteiger partial charge in [-0.25, -0.2) is 4.79 Å². The molecule has 1 atom stereocenters. The minimum atomic E-state index is -2.19. The van der Waals surface area contributed by atoms with E-state index in [4.69, 9.17) is 0 Å². The summed E-state index contributed by atoms with van der Waals surface area (Å²) in [6.45, 7) is 0. The van der Waals surface area contributed by atoms with Gasteiger partial charge in [0.05, 0.1) is 7.11 Å². The molecule has 0 heterocycles. The standard InChI is InChI=1S/C12H10O4/c1-16-11(14)12(15)7-6-8-4-2-3-5-9(8)10(12)13/h2-7,15H,1H3/t12-/m0/s1. The Hall–Kier alpha value is -1.94. The zero-order chi connectivity index (χ0) is 11.8. The van der Waals surface area contributed by atoms with Crippen LogP contribution in [-0.4, -0.2) is 29.6 Å². The van der Waals surface area contributed by atoms with Gasteiger partial charge >= 0.3 is 5.97 Å². The number of benzene rings is 1. The van der Waals surface area contributed by atoms with Gasteiger partial charge in [0.15, 0.2) is 0 Å². The maximum absolute atomic E-state index is 11.9. The van der Waals surface area contributed by atoms with Crippen molar-refractivity contribution in [2.45, 2.75) is 5.60 Å². The van der Waals surface area contributed by atoms with Gasteiger partial charge in [-0.2, -0.15) is 0 Å². The smallest absolute Gasteiger partial charge is 0.350 e. The van der Waals surface area contributed by atoms with Crippen molar-refractivity contribution in [3.63, 3.8) is 0 Å². The van der Waals surface area contributed by atoms with Crippen LogP contribution in [0.5, 0.6) is 0 Å². The third kappa shape index (κ3) is 1.35. The van der Waals surface area contributed by atoms with E-state index in [-0.39, 0.29) is 0 Å². The average molecular weight is 218 g/mol. The molecular weight excluding hydrogens is 208 g/mol. The van der Waals surface area contributed by atoms with Crippen molar-refractivity contribution in [1.29, 1.82) is 0 Å². The van der Waals surface area contributed by atoms with Crippen molar-refractivity contribution in [3.8, 4) is 0 Å². The Morgan fingerprint density at radius 3 is 2.75 bits per heavy atom. The van der Waals surface area contributed by atoms with Crippen LogP contribution in [0.1, 0.15) is 15.9 Å². The topological polar surface area (TPSA) is 63.6 Å². The second-order valence-electron chi connectivity index (χ2n) is 3.51. The molecule has 0 unspecified atom stereocenters. The lowest BCUT2D eigenvalue weighted by Gasteiger charge is -2.24. The Bertz CT molecular complexity index is 490. The molecule has 0 aromatic heterocycles. The van der Waals surface area contributed by atoms with Crippen LogP contribution < -0.4 is 0 Å². The largest absolute Gasteiger partial charge is 0.466 e. The maximum Gasteiger partial charge on any atom is 0.350 e. The predicted molar refractivity (Wildman–Crippen MR) is 56.8 cm³/mol. The summed E-state index contributed by atoms with van der Waals surface area (Å²) < 4.78 is 4.42. The molecule has 0 bridgehead atoms. The number of esters is 1. The summed E-state index contributed by atoms with van der Waals surface area (Å²) in [5.41, 5.74) is -1.19. The normalized spacial score (nSPS) is 22.8. The SMILES string of the molecule is COC(=O)[C@]1(O)C=Cc2ccccc2C1=O. The second kappa shape index (κ2) is 3.57. The van der Waals surface area contributed by atoms with Gasteiger partial charge in [0.25, 0.3) is 0 Å². The highest BCUT2D eigenvalue weighted by atomic mass is 16.5.